The Morgan fingerprint density at radius 1 is 1.61 bits per heavy atom. The minimum atomic E-state index is 0.531. The summed E-state index contributed by atoms with van der Waals surface area (Å²) in [6.45, 7) is 6.27. The van der Waals surface area contributed by atoms with Crippen molar-refractivity contribution < 1.29 is 0 Å². The minimum Gasteiger partial charge on any atom is -0.369 e. The van der Waals surface area contributed by atoms with Crippen LogP contribution in [0.4, 0.5) is 5.69 Å². The smallest absolute Gasteiger partial charge is 0.163 e. The predicted octanol–water partition coefficient (Wildman–Crippen LogP) is 1.78. The Morgan fingerprint density at radius 3 is 3.17 bits per heavy atom. The first-order valence-electron chi connectivity index (χ1n) is 6.66. The number of hydrogen-bond donors (Lipinski definition) is 1. The highest BCUT2D eigenvalue weighted by atomic mass is 15.1. The van der Waals surface area contributed by atoms with Crippen LogP contribution in [0.15, 0.2) is 18.3 Å². The van der Waals surface area contributed by atoms with E-state index in [4.69, 9.17) is 5.26 Å². The van der Waals surface area contributed by atoms with Crippen LogP contribution in [0.1, 0.15) is 25.5 Å². The quantitative estimate of drug-likeness (QED) is 0.877. The summed E-state index contributed by atoms with van der Waals surface area (Å²) < 4.78 is 0. The fourth-order valence-corrected chi connectivity index (χ4v) is 2.53. The monoisotopic (exact) mass is 244 g/mol. The first-order valence-corrected chi connectivity index (χ1v) is 6.66. The van der Waals surface area contributed by atoms with E-state index in [1.54, 1.807) is 6.20 Å². The number of rotatable bonds is 4. The zero-order chi connectivity index (χ0) is 12.8. The molecule has 0 amide bonds. The van der Waals surface area contributed by atoms with Crippen LogP contribution in [0.5, 0.6) is 0 Å². The first-order chi connectivity index (χ1) is 8.85. The summed E-state index contributed by atoms with van der Waals surface area (Å²) in [5.41, 5.74) is 1.50. The molecular weight excluding hydrogens is 224 g/mol. The summed E-state index contributed by atoms with van der Waals surface area (Å²) in [4.78, 5) is 6.41. The molecule has 1 atom stereocenters. The molecule has 0 saturated carbocycles. The number of hydrogen-bond acceptors (Lipinski definition) is 4. The van der Waals surface area contributed by atoms with Crippen LogP contribution in [0, 0.1) is 17.2 Å². The topological polar surface area (TPSA) is 52.0 Å². The Bertz CT molecular complexity index is 418. The van der Waals surface area contributed by atoms with Gasteiger partial charge in [-0.25, -0.2) is 4.98 Å². The third kappa shape index (κ3) is 2.99. The summed E-state index contributed by atoms with van der Waals surface area (Å²) in [5, 5.41) is 12.6. The van der Waals surface area contributed by atoms with Gasteiger partial charge in [-0.2, -0.15) is 5.26 Å². The second kappa shape index (κ2) is 6.36. The normalized spacial score (nSPS) is 19.2. The third-order valence-corrected chi connectivity index (χ3v) is 3.49. The number of nitrogens with zero attached hydrogens (tertiary/aromatic N) is 3. The summed E-state index contributed by atoms with van der Waals surface area (Å²) >= 11 is 0. The fraction of sp³-hybridized carbons (Fsp3) is 0.571. The van der Waals surface area contributed by atoms with E-state index < -0.39 is 0 Å². The van der Waals surface area contributed by atoms with Crippen LogP contribution >= 0.6 is 0 Å². The van der Waals surface area contributed by atoms with Crippen LogP contribution in [0.2, 0.25) is 0 Å². The molecule has 4 nitrogen and oxygen atoms in total. The van der Waals surface area contributed by atoms with Crippen molar-refractivity contribution >= 4 is 5.69 Å². The average molecular weight is 244 g/mol. The largest absolute Gasteiger partial charge is 0.369 e. The predicted molar refractivity (Wildman–Crippen MR) is 72.4 cm³/mol. The molecule has 1 aromatic heterocycles. The van der Waals surface area contributed by atoms with Crippen LogP contribution < -0.4 is 10.2 Å². The lowest BCUT2D eigenvalue weighted by Gasteiger charge is -2.31. The van der Waals surface area contributed by atoms with E-state index in [-0.39, 0.29) is 0 Å². The molecule has 2 heterocycles. The zero-order valence-corrected chi connectivity index (χ0v) is 10.9. The summed E-state index contributed by atoms with van der Waals surface area (Å²) in [6, 6.07) is 6.07. The number of anilines is 1. The molecule has 4 heteroatoms. The van der Waals surface area contributed by atoms with Crippen molar-refractivity contribution in [1.82, 2.24) is 10.3 Å². The van der Waals surface area contributed by atoms with Crippen molar-refractivity contribution in [2.75, 3.05) is 31.1 Å². The van der Waals surface area contributed by atoms with Gasteiger partial charge in [0.05, 0.1) is 5.69 Å². The number of piperidine rings is 1. The van der Waals surface area contributed by atoms with Gasteiger partial charge in [-0.15, -0.1) is 0 Å². The molecule has 0 radical (unpaired) electrons. The van der Waals surface area contributed by atoms with Gasteiger partial charge in [-0.1, -0.05) is 0 Å². The van der Waals surface area contributed by atoms with Gasteiger partial charge in [0.1, 0.15) is 6.07 Å². The average Bonchev–Trinajstić information content (AvgIpc) is 2.46. The second-order valence-corrected chi connectivity index (χ2v) is 4.73. The molecule has 1 aromatic rings. The molecule has 1 saturated heterocycles. The molecule has 1 N–H and O–H groups in total. The van der Waals surface area contributed by atoms with E-state index in [1.165, 1.54) is 12.8 Å². The van der Waals surface area contributed by atoms with E-state index >= 15 is 0 Å². The SMILES string of the molecule is CCN(CC1CCCNC1)c1cccnc1C#N. The van der Waals surface area contributed by atoms with Crippen molar-refractivity contribution in [3.8, 4) is 6.07 Å². The lowest BCUT2D eigenvalue weighted by molar-refractivity contribution is 0.378. The molecule has 1 fully saturated rings. The maximum Gasteiger partial charge on any atom is 0.163 e. The van der Waals surface area contributed by atoms with Gasteiger partial charge in [-0.3, -0.25) is 0 Å². The third-order valence-electron chi connectivity index (χ3n) is 3.49. The molecule has 1 unspecified atom stereocenters. The Hall–Kier alpha value is -1.60. The van der Waals surface area contributed by atoms with E-state index in [0.717, 1.165) is 31.9 Å². The minimum absolute atomic E-state index is 0.531. The van der Waals surface area contributed by atoms with Gasteiger partial charge < -0.3 is 10.2 Å². The molecule has 2 rings (SSSR count). The van der Waals surface area contributed by atoms with Gasteiger partial charge >= 0.3 is 0 Å². The summed E-state index contributed by atoms with van der Waals surface area (Å²) in [6.07, 6.45) is 4.20. The number of pyridine rings is 1. The molecule has 18 heavy (non-hydrogen) atoms. The number of aromatic nitrogens is 1. The van der Waals surface area contributed by atoms with Crippen molar-refractivity contribution in [3.05, 3.63) is 24.0 Å². The second-order valence-electron chi connectivity index (χ2n) is 4.73. The Labute approximate surface area is 109 Å². The molecule has 0 aromatic carbocycles. The van der Waals surface area contributed by atoms with Crippen molar-refractivity contribution in [2.45, 2.75) is 19.8 Å². The van der Waals surface area contributed by atoms with Crippen molar-refractivity contribution in [1.29, 1.82) is 5.26 Å². The van der Waals surface area contributed by atoms with Gasteiger partial charge in [-0.05, 0) is 50.9 Å². The standard InChI is InChI=1S/C14H20N4/c1-2-18(11-12-5-3-7-16-10-12)14-6-4-8-17-13(14)9-15/h4,6,8,12,16H,2-3,5,7,10-11H2,1H3. The van der Waals surface area contributed by atoms with Crippen molar-refractivity contribution in [2.24, 2.45) is 5.92 Å². The van der Waals surface area contributed by atoms with Crippen LogP contribution in [0.3, 0.4) is 0 Å². The molecule has 1 aliphatic heterocycles. The van der Waals surface area contributed by atoms with Gasteiger partial charge in [0.15, 0.2) is 5.69 Å². The van der Waals surface area contributed by atoms with E-state index in [2.05, 4.69) is 28.2 Å². The molecule has 96 valence electrons. The van der Waals surface area contributed by atoms with Crippen LogP contribution in [-0.4, -0.2) is 31.2 Å². The van der Waals surface area contributed by atoms with Crippen LogP contribution in [-0.2, 0) is 0 Å². The Kier molecular flexibility index (Phi) is 4.54. The maximum absolute atomic E-state index is 9.12. The van der Waals surface area contributed by atoms with E-state index in [0.29, 0.717) is 11.6 Å². The van der Waals surface area contributed by atoms with Gasteiger partial charge in [0.2, 0.25) is 0 Å². The van der Waals surface area contributed by atoms with Gasteiger partial charge in [0, 0.05) is 19.3 Å². The highest BCUT2D eigenvalue weighted by Crippen LogP contribution is 2.20. The highest BCUT2D eigenvalue weighted by Gasteiger charge is 2.18. The lowest BCUT2D eigenvalue weighted by Crippen LogP contribution is -2.38. The first kappa shape index (κ1) is 12.8. The van der Waals surface area contributed by atoms with Gasteiger partial charge in [0.25, 0.3) is 0 Å². The Balaban J connectivity index is 2.10. The molecule has 0 aliphatic carbocycles. The van der Waals surface area contributed by atoms with Crippen molar-refractivity contribution in [3.63, 3.8) is 0 Å². The van der Waals surface area contributed by atoms with E-state index in [9.17, 15) is 0 Å². The van der Waals surface area contributed by atoms with E-state index in [1.807, 2.05) is 12.1 Å². The highest BCUT2D eigenvalue weighted by molar-refractivity contribution is 5.55. The summed E-state index contributed by atoms with van der Waals surface area (Å²) in [7, 11) is 0. The fourth-order valence-electron chi connectivity index (χ4n) is 2.53. The maximum atomic E-state index is 9.12. The number of nitriles is 1. The van der Waals surface area contributed by atoms with Crippen LogP contribution in [0.25, 0.3) is 0 Å². The summed E-state index contributed by atoms with van der Waals surface area (Å²) in [5.74, 6) is 0.672. The molecule has 1 aliphatic rings. The Morgan fingerprint density at radius 2 is 2.50 bits per heavy atom. The lowest BCUT2D eigenvalue weighted by atomic mass is 9.99. The molecular formula is C14H20N4. The molecule has 0 spiro atoms. The number of nitrogens with one attached hydrogen (secondary N) is 1. The zero-order valence-electron chi connectivity index (χ0n) is 10.9. The molecule has 0 bridgehead atoms.